The third kappa shape index (κ3) is 6.75. The van der Waals surface area contributed by atoms with Crippen LogP contribution in [0.5, 0.6) is 5.75 Å². The summed E-state index contributed by atoms with van der Waals surface area (Å²) in [5.74, 6) is 0.257. The van der Waals surface area contributed by atoms with Gasteiger partial charge in [-0.15, -0.1) is 0 Å². The highest BCUT2D eigenvalue weighted by atomic mass is 16.5. The van der Waals surface area contributed by atoms with Crippen LogP contribution in [0.3, 0.4) is 0 Å². The predicted octanol–water partition coefficient (Wildman–Crippen LogP) is 3.49. The summed E-state index contributed by atoms with van der Waals surface area (Å²) in [6.45, 7) is 5.02. The molecule has 2 aromatic rings. The maximum Gasteiger partial charge on any atom is 0.255 e. The Labute approximate surface area is 159 Å². The average molecular weight is 370 g/mol. The highest BCUT2D eigenvalue weighted by Gasteiger charge is 2.11. The molecule has 144 valence electrons. The van der Waals surface area contributed by atoms with E-state index in [1.807, 2.05) is 13.8 Å². The van der Waals surface area contributed by atoms with Crippen molar-refractivity contribution < 1.29 is 19.1 Å². The fraction of sp³-hybridized carbons (Fsp3) is 0.333. The Kier molecular flexibility index (Phi) is 7.82. The van der Waals surface area contributed by atoms with E-state index in [9.17, 15) is 9.59 Å². The molecule has 0 fully saturated rings. The quantitative estimate of drug-likeness (QED) is 0.663. The van der Waals surface area contributed by atoms with Crippen molar-refractivity contribution in [2.45, 2.75) is 26.4 Å². The van der Waals surface area contributed by atoms with Crippen LogP contribution in [-0.4, -0.2) is 38.2 Å². The van der Waals surface area contributed by atoms with E-state index in [-0.39, 0.29) is 17.9 Å². The van der Waals surface area contributed by atoms with E-state index >= 15 is 0 Å². The minimum atomic E-state index is -0.276. The summed E-state index contributed by atoms with van der Waals surface area (Å²) in [6, 6.07) is 13.8. The van der Waals surface area contributed by atoms with E-state index in [4.69, 9.17) is 9.47 Å². The van der Waals surface area contributed by atoms with Crippen molar-refractivity contribution in [3.63, 3.8) is 0 Å². The third-order valence-electron chi connectivity index (χ3n) is 3.68. The Morgan fingerprint density at radius 1 is 1.00 bits per heavy atom. The van der Waals surface area contributed by atoms with E-state index in [0.29, 0.717) is 30.0 Å². The first kappa shape index (κ1) is 20.5. The number of anilines is 1. The fourth-order valence-electron chi connectivity index (χ4n) is 2.41. The summed E-state index contributed by atoms with van der Waals surface area (Å²) in [5.41, 5.74) is 1.52. The van der Waals surface area contributed by atoms with Gasteiger partial charge in [0.05, 0.1) is 6.10 Å². The zero-order valence-corrected chi connectivity index (χ0v) is 16.0. The Morgan fingerprint density at radius 2 is 1.67 bits per heavy atom. The van der Waals surface area contributed by atoms with Gasteiger partial charge in [0, 0.05) is 37.1 Å². The van der Waals surface area contributed by atoms with E-state index in [1.54, 1.807) is 55.6 Å². The zero-order valence-electron chi connectivity index (χ0n) is 16.0. The Hall–Kier alpha value is -2.86. The maximum atomic E-state index is 12.5. The van der Waals surface area contributed by atoms with Crippen LogP contribution in [0, 0.1) is 0 Å². The molecule has 0 saturated heterocycles. The highest BCUT2D eigenvalue weighted by Crippen LogP contribution is 2.18. The number of hydrogen-bond acceptors (Lipinski definition) is 4. The summed E-state index contributed by atoms with van der Waals surface area (Å²) in [6.07, 6.45) is 0.827. The van der Waals surface area contributed by atoms with Gasteiger partial charge in [0.15, 0.2) is 0 Å². The van der Waals surface area contributed by atoms with Crippen molar-refractivity contribution in [3.05, 3.63) is 59.7 Å². The molecule has 0 radical (unpaired) electrons. The first-order chi connectivity index (χ1) is 13.0. The Morgan fingerprint density at radius 3 is 2.30 bits per heavy atom. The fourth-order valence-corrected chi connectivity index (χ4v) is 2.41. The van der Waals surface area contributed by atoms with Crippen LogP contribution < -0.4 is 15.4 Å². The number of carbonyl (C=O) groups excluding carboxylic acids is 2. The first-order valence-corrected chi connectivity index (χ1v) is 8.95. The van der Waals surface area contributed by atoms with Crippen LogP contribution in [0.2, 0.25) is 0 Å². The third-order valence-corrected chi connectivity index (χ3v) is 3.68. The SMILES string of the molecule is COCCCNC(=O)c1cccc(C(=O)Nc2ccc(OC(C)C)cc2)c1. The molecular formula is C21H26N2O4. The number of benzene rings is 2. The topological polar surface area (TPSA) is 76.7 Å². The molecule has 0 saturated carbocycles. The molecule has 0 aliphatic heterocycles. The van der Waals surface area contributed by atoms with E-state index in [1.165, 1.54) is 0 Å². The van der Waals surface area contributed by atoms with Crippen LogP contribution >= 0.6 is 0 Å². The molecule has 0 spiro atoms. The van der Waals surface area contributed by atoms with Crippen molar-refractivity contribution in [1.82, 2.24) is 5.32 Å². The molecule has 2 aromatic carbocycles. The molecular weight excluding hydrogens is 344 g/mol. The molecule has 0 atom stereocenters. The van der Waals surface area contributed by atoms with Crippen molar-refractivity contribution in [2.75, 3.05) is 25.6 Å². The minimum absolute atomic E-state index is 0.0915. The summed E-state index contributed by atoms with van der Waals surface area (Å²) in [4.78, 5) is 24.6. The highest BCUT2D eigenvalue weighted by molar-refractivity contribution is 6.06. The van der Waals surface area contributed by atoms with Gasteiger partial charge in [-0.1, -0.05) is 6.07 Å². The number of rotatable bonds is 9. The lowest BCUT2D eigenvalue weighted by Crippen LogP contribution is -2.25. The normalized spacial score (nSPS) is 10.5. The van der Waals surface area contributed by atoms with Crippen LogP contribution in [0.1, 0.15) is 41.0 Å². The van der Waals surface area contributed by atoms with Gasteiger partial charge in [0.25, 0.3) is 11.8 Å². The van der Waals surface area contributed by atoms with Gasteiger partial charge in [-0.25, -0.2) is 0 Å². The number of hydrogen-bond donors (Lipinski definition) is 2. The molecule has 2 N–H and O–H groups in total. The summed E-state index contributed by atoms with van der Waals surface area (Å²) in [7, 11) is 1.62. The number of carbonyl (C=O) groups is 2. The van der Waals surface area contributed by atoms with Gasteiger partial charge in [-0.05, 0) is 62.7 Å². The van der Waals surface area contributed by atoms with Crippen LogP contribution in [0.15, 0.2) is 48.5 Å². The van der Waals surface area contributed by atoms with Gasteiger partial charge >= 0.3 is 0 Å². The lowest BCUT2D eigenvalue weighted by Gasteiger charge is -2.11. The molecule has 0 aliphatic rings. The molecule has 0 bridgehead atoms. The molecule has 2 amide bonds. The zero-order chi connectivity index (χ0) is 19.6. The Balaban J connectivity index is 1.97. The minimum Gasteiger partial charge on any atom is -0.491 e. The van der Waals surface area contributed by atoms with Gasteiger partial charge in [0.1, 0.15) is 5.75 Å². The summed E-state index contributed by atoms with van der Waals surface area (Å²) in [5, 5.41) is 5.63. The number of methoxy groups -OCH3 is 1. The largest absolute Gasteiger partial charge is 0.491 e. The summed E-state index contributed by atoms with van der Waals surface area (Å²) < 4.78 is 10.5. The van der Waals surface area contributed by atoms with Crippen molar-refractivity contribution in [1.29, 1.82) is 0 Å². The van der Waals surface area contributed by atoms with Gasteiger partial charge < -0.3 is 20.1 Å². The number of nitrogens with one attached hydrogen (secondary N) is 2. The molecule has 0 heterocycles. The molecule has 0 unspecified atom stereocenters. The first-order valence-electron chi connectivity index (χ1n) is 8.95. The molecule has 2 rings (SSSR count). The monoisotopic (exact) mass is 370 g/mol. The average Bonchev–Trinajstić information content (AvgIpc) is 2.66. The lowest BCUT2D eigenvalue weighted by atomic mass is 10.1. The van der Waals surface area contributed by atoms with E-state index in [0.717, 1.165) is 12.2 Å². The molecule has 0 aliphatic carbocycles. The van der Waals surface area contributed by atoms with Crippen LogP contribution in [-0.2, 0) is 4.74 Å². The van der Waals surface area contributed by atoms with Gasteiger partial charge in [0.2, 0.25) is 0 Å². The second-order valence-corrected chi connectivity index (χ2v) is 6.33. The van der Waals surface area contributed by atoms with Gasteiger partial charge in [-0.2, -0.15) is 0 Å². The molecule has 27 heavy (non-hydrogen) atoms. The maximum absolute atomic E-state index is 12.5. The Bertz CT molecular complexity index is 757. The van der Waals surface area contributed by atoms with Crippen LogP contribution in [0.25, 0.3) is 0 Å². The van der Waals surface area contributed by atoms with Crippen LogP contribution in [0.4, 0.5) is 5.69 Å². The standard InChI is InChI=1S/C21H26N2O4/c1-15(2)27-19-10-8-18(9-11-19)23-21(25)17-7-4-6-16(14-17)20(24)22-12-5-13-26-3/h4,6-11,14-15H,5,12-13H2,1-3H3,(H,22,24)(H,23,25). The van der Waals surface area contributed by atoms with Crippen molar-refractivity contribution in [2.24, 2.45) is 0 Å². The second kappa shape index (κ2) is 10.3. The molecule has 0 aromatic heterocycles. The smallest absolute Gasteiger partial charge is 0.255 e. The van der Waals surface area contributed by atoms with Gasteiger partial charge in [-0.3, -0.25) is 9.59 Å². The molecule has 6 heteroatoms. The second-order valence-electron chi connectivity index (χ2n) is 6.33. The number of amides is 2. The summed E-state index contributed by atoms with van der Waals surface area (Å²) >= 11 is 0. The van der Waals surface area contributed by atoms with E-state index < -0.39 is 0 Å². The van der Waals surface area contributed by atoms with E-state index in [2.05, 4.69) is 10.6 Å². The lowest BCUT2D eigenvalue weighted by molar-refractivity contribution is 0.0948. The predicted molar refractivity (Wildman–Crippen MR) is 105 cm³/mol. The molecule has 6 nitrogen and oxygen atoms in total. The van der Waals surface area contributed by atoms with Crippen molar-refractivity contribution >= 4 is 17.5 Å². The number of ether oxygens (including phenoxy) is 2. The van der Waals surface area contributed by atoms with Crippen molar-refractivity contribution in [3.8, 4) is 5.75 Å².